The quantitative estimate of drug-likeness (QED) is 0.590. The number of halogens is 4. The smallest absolute Gasteiger partial charge is 0.404 e. The minimum atomic E-state index is -4.87. The van der Waals surface area contributed by atoms with Gasteiger partial charge in [-0.2, -0.15) is 5.10 Å². The van der Waals surface area contributed by atoms with Crippen molar-refractivity contribution < 1.29 is 22.7 Å². The van der Waals surface area contributed by atoms with E-state index in [9.17, 15) is 18.0 Å². The van der Waals surface area contributed by atoms with Crippen LogP contribution in [0.15, 0.2) is 35.2 Å². The molecule has 2 heterocycles. The first kappa shape index (κ1) is 20.1. The Balaban J connectivity index is 1.83. The van der Waals surface area contributed by atoms with Crippen LogP contribution in [0.2, 0.25) is 0 Å². The lowest BCUT2D eigenvalue weighted by atomic mass is 9.88. The first-order chi connectivity index (χ1) is 14.1. The number of nitrogens with zero attached hydrogens (tertiary/aromatic N) is 4. The molecule has 1 unspecified atom stereocenters. The third-order valence-corrected chi connectivity index (χ3v) is 5.09. The monoisotopic (exact) mass is 482 g/mol. The van der Waals surface area contributed by atoms with Crippen LogP contribution >= 0.6 is 15.9 Å². The lowest BCUT2D eigenvalue weighted by Gasteiger charge is -2.27. The van der Waals surface area contributed by atoms with Gasteiger partial charge in [-0.25, -0.2) is 9.97 Å². The van der Waals surface area contributed by atoms with E-state index >= 15 is 0 Å². The van der Waals surface area contributed by atoms with E-state index in [1.165, 1.54) is 29.2 Å². The summed E-state index contributed by atoms with van der Waals surface area (Å²) in [5.41, 5.74) is 7.93. The molecule has 0 radical (unpaired) electrons. The summed E-state index contributed by atoms with van der Waals surface area (Å²) < 4.78 is 44.7. The molecular weight excluding hydrogens is 469 g/mol. The normalized spacial score (nSPS) is 15.3. The highest BCUT2D eigenvalue weighted by Gasteiger charge is 2.36. The Labute approximate surface area is 176 Å². The zero-order valence-corrected chi connectivity index (χ0v) is 17.0. The van der Waals surface area contributed by atoms with Gasteiger partial charge in [-0.05, 0) is 18.2 Å². The van der Waals surface area contributed by atoms with E-state index in [-0.39, 0.29) is 11.4 Å². The van der Waals surface area contributed by atoms with Gasteiger partial charge in [-0.1, -0.05) is 15.9 Å². The van der Waals surface area contributed by atoms with Crippen molar-refractivity contribution in [1.29, 1.82) is 0 Å². The molecular formula is C18H14BrF3N6O2. The van der Waals surface area contributed by atoms with Gasteiger partial charge in [0.05, 0.1) is 23.1 Å². The van der Waals surface area contributed by atoms with Gasteiger partial charge in [0, 0.05) is 35.3 Å². The summed E-state index contributed by atoms with van der Waals surface area (Å²) in [7, 11) is 1.64. The standard InChI is InChI=1S/C18H14BrF3N6O2/c1-28-16-13(15(27-28)17(23)29)11(4-8-6-24-7-25-14(8)16)26-10-5-9(19)2-3-12(10)30-18(20,21)22/h2-3,5-7,11,26H,4H2,1H3,(H2,23,29). The van der Waals surface area contributed by atoms with Gasteiger partial charge in [-0.15, -0.1) is 13.2 Å². The van der Waals surface area contributed by atoms with Gasteiger partial charge in [-0.3, -0.25) is 9.48 Å². The molecule has 0 bridgehead atoms. The number of benzene rings is 1. The number of hydrogen-bond acceptors (Lipinski definition) is 6. The average molecular weight is 483 g/mol. The van der Waals surface area contributed by atoms with Gasteiger partial charge >= 0.3 is 6.36 Å². The van der Waals surface area contributed by atoms with Crippen LogP contribution < -0.4 is 15.8 Å². The zero-order chi connectivity index (χ0) is 21.6. The zero-order valence-electron chi connectivity index (χ0n) is 15.4. The third-order valence-electron chi connectivity index (χ3n) is 4.60. The fraction of sp³-hybridized carbons (Fsp3) is 0.222. The van der Waals surface area contributed by atoms with E-state index in [1.54, 1.807) is 13.2 Å². The second-order valence-corrected chi connectivity index (χ2v) is 7.50. The van der Waals surface area contributed by atoms with Crippen molar-refractivity contribution in [1.82, 2.24) is 19.7 Å². The minimum Gasteiger partial charge on any atom is -0.404 e. The second kappa shape index (κ2) is 7.27. The molecule has 12 heteroatoms. The summed E-state index contributed by atoms with van der Waals surface area (Å²) >= 11 is 3.25. The van der Waals surface area contributed by atoms with Crippen molar-refractivity contribution in [2.24, 2.45) is 12.8 Å². The summed E-state index contributed by atoms with van der Waals surface area (Å²) in [5.74, 6) is -1.16. The number of rotatable bonds is 4. The molecule has 1 aliphatic rings. The molecule has 0 fully saturated rings. The molecule has 1 amide bonds. The Hall–Kier alpha value is -3.15. The van der Waals surface area contributed by atoms with Gasteiger partial charge in [0.1, 0.15) is 6.33 Å². The maximum Gasteiger partial charge on any atom is 0.573 e. The van der Waals surface area contributed by atoms with E-state index in [1.807, 2.05) is 0 Å². The predicted molar refractivity (Wildman–Crippen MR) is 104 cm³/mol. The number of primary amides is 1. The number of nitrogens with two attached hydrogens (primary N) is 1. The maximum absolute atomic E-state index is 12.9. The highest BCUT2D eigenvalue weighted by Crippen LogP contribution is 2.42. The van der Waals surface area contributed by atoms with Crippen LogP contribution in [-0.2, 0) is 13.5 Å². The van der Waals surface area contributed by atoms with Crippen molar-refractivity contribution in [3.63, 3.8) is 0 Å². The van der Waals surface area contributed by atoms with Crippen molar-refractivity contribution >= 4 is 27.5 Å². The molecule has 1 aromatic carbocycles. The number of amides is 1. The van der Waals surface area contributed by atoms with Crippen LogP contribution in [0.5, 0.6) is 5.75 Å². The molecule has 0 aliphatic heterocycles. The van der Waals surface area contributed by atoms with E-state index in [0.29, 0.717) is 27.8 Å². The van der Waals surface area contributed by atoms with Crippen molar-refractivity contribution in [2.75, 3.05) is 5.32 Å². The Bertz CT molecular complexity index is 1150. The Morgan fingerprint density at radius 2 is 2.17 bits per heavy atom. The number of carbonyl (C=O) groups is 1. The molecule has 1 aliphatic carbocycles. The predicted octanol–water partition coefficient (Wildman–Crippen LogP) is 3.35. The van der Waals surface area contributed by atoms with Crippen molar-refractivity contribution in [3.05, 3.63) is 52.0 Å². The summed E-state index contributed by atoms with van der Waals surface area (Å²) in [6.07, 6.45) is -1.58. The van der Waals surface area contributed by atoms with Crippen LogP contribution in [0, 0.1) is 0 Å². The number of anilines is 1. The molecule has 8 nitrogen and oxygen atoms in total. The maximum atomic E-state index is 12.9. The lowest BCUT2D eigenvalue weighted by molar-refractivity contribution is -0.274. The number of nitrogens with one attached hydrogen (secondary N) is 1. The van der Waals surface area contributed by atoms with Crippen LogP contribution in [-0.4, -0.2) is 32.0 Å². The SMILES string of the molecule is Cn1nc(C(N)=O)c2c1-c1ncncc1CC2Nc1cc(Br)ccc1OC(F)(F)F. The Morgan fingerprint density at radius 1 is 1.40 bits per heavy atom. The number of fused-ring (bicyclic) bond motifs is 3. The molecule has 3 N–H and O–H groups in total. The van der Waals surface area contributed by atoms with E-state index in [0.717, 1.165) is 5.56 Å². The first-order valence-corrected chi connectivity index (χ1v) is 9.41. The van der Waals surface area contributed by atoms with Crippen molar-refractivity contribution in [3.8, 4) is 17.1 Å². The van der Waals surface area contributed by atoms with Gasteiger partial charge in [0.15, 0.2) is 11.4 Å². The lowest BCUT2D eigenvalue weighted by Crippen LogP contribution is -2.24. The topological polar surface area (TPSA) is 108 Å². The Kier molecular flexibility index (Phi) is 4.88. The molecule has 2 aromatic heterocycles. The number of alkyl halides is 3. The number of hydrogen-bond donors (Lipinski definition) is 2. The van der Waals surface area contributed by atoms with Gasteiger partial charge in [0.2, 0.25) is 0 Å². The highest BCUT2D eigenvalue weighted by atomic mass is 79.9. The van der Waals surface area contributed by atoms with Crippen LogP contribution in [0.25, 0.3) is 11.4 Å². The van der Waals surface area contributed by atoms with E-state index in [2.05, 4.69) is 41.1 Å². The largest absolute Gasteiger partial charge is 0.573 e. The average Bonchev–Trinajstić information content (AvgIpc) is 3.01. The van der Waals surface area contributed by atoms with Crippen LogP contribution in [0.1, 0.15) is 27.7 Å². The molecule has 1 atom stereocenters. The van der Waals surface area contributed by atoms with E-state index < -0.39 is 24.1 Å². The third kappa shape index (κ3) is 3.70. The fourth-order valence-electron chi connectivity index (χ4n) is 3.52. The number of aryl methyl sites for hydroxylation is 1. The number of aromatic nitrogens is 4. The summed E-state index contributed by atoms with van der Waals surface area (Å²) in [6, 6.07) is 3.46. The first-order valence-electron chi connectivity index (χ1n) is 8.62. The number of ether oxygens (including phenoxy) is 1. The summed E-state index contributed by atoms with van der Waals surface area (Å²) in [5, 5.41) is 7.25. The Morgan fingerprint density at radius 3 is 2.87 bits per heavy atom. The van der Waals surface area contributed by atoms with Crippen LogP contribution in [0.4, 0.5) is 18.9 Å². The molecule has 30 heavy (non-hydrogen) atoms. The minimum absolute atomic E-state index is 0.0162. The van der Waals surface area contributed by atoms with E-state index in [4.69, 9.17) is 5.73 Å². The highest BCUT2D eigenvalue weighted by molar-refractivity contribution is 9.10. The molecule has 3 aromatic rings. The molecule has 0 spiro atoms. The molecule has 0 saturated heterocycles. The van der Waals surface area contributed by atoms with Crippen LogP contribution in [0.3, 0.4) is 0 Å². The van der Waals surface area contributed by atoms with Crippen molar-refractivity contribution in [2.45, 2.75) is 18.8 Å². The molecule has 4 rings (SSSR count). The van der Waals surface area contributed by atoms with Gasteiger partial charge in [0.25, 0.3) is 5.91 Å². The molecule has 156 valence electrons. The fourth-order valence-corrected chi connectivity index (χ4v) is 3.88. The van der Waals surface area contributed by atoms with Gasteiger partial charge < -0.3 is 15.8 Å². The molecule has 0 saturated carbocycles. The summed E-state index contributed by atoms with van der Waals surface area (Å²) in [6.45, 7) is 0. The summed E-state index contributed by atoms with van der Waals surface area (Å²) in [4.78, 5) is 20.3. The second-order valence-electron chi connectivity index (χ2n) is 6.58. The number of carbonyl (C=O) groups excluding carboxylic acids is 1.